The number of aryl methyl sites for hydroxylation is 1. The van der Waals surface area contributed by atoms with Crippen LogP contribution in [-0.2, 0) is 19.5 Å². The fraction of sp³-hybridized carbons (Fsp3) is 0.357. The highest BCUT2D eigenvalue weighted by atomic mass is 16.4. The fourth-order valence-electron chi connectivity index (χ4n) is 2.75. The summed E-state index contributed by atoms with van der Waals surface area (Å²) in [7, 11) is 0. The largest absolute Gasteiger partial charge is 0.478 e. The maximum Gasteiger partial charge on any atom is 0.338 e. The number of carbonyl (C=O) groups is 1. The highest BCUT2D eigenvalue weighted by molar-refractivity contribution is 6.05. The lowest BCUT2D eigenvalue weighted by atomic mass is 10.1. The van der Waals surface area contributed by atoms with Gasteiger partial charge in [-0.15, -0.1) is 0 Å². The fourth-order valence-corrected chi connectivity index (χ4v) is 2.75. The van der Waals surface area contributed by atoms with Gasteiger partial charge in [0, 0.05) is 36.2 Å². The van der Waals surface area contributed by atoms with Gasteiger partial charge in [0.15, 0.2) is 0 Å². The van der Waals surface area contributed by atoms with Crippen molar-refractivity contribution in [2.75, 3.05) is 6.54 Å². The summed E-state index contributed by atoms with van der Waals surface area (Å²) in [6.45, 7) is 4.45. The molecule has 2 N–H and O–H groups in total. The van der Waals surface area contributed by atoms with Crippen LogP contribution in [0.5, 0.6) is 0 Å². The molecular weight excluding hydrogens is 228 g/mol. The smallest absolute Gasteiger partial charge is 0.338 e. The second kappa shape index (κ2) is 4.14. The standard InChI is InChI=1S/C14H16N2O2/c1-2-9-3-4-11-10(7-9)13(14(17)18)12-8-15-5-6-16(11)12/h3-4,7,15H,2,5-6,8H2,1H3,(H,17,18). The summed E-state index contributed by atoms with van der Waals surface area (Å²) in [5.41, 5.74) is 3.59. The van der Waals surface area contributed by atoms with Gasteiger partial charge >= 0.3 is 5.97 Å². The Kier molecular flexibility index (Phi) is 2.59. The molecule has 94 valence electrons. The monoisotopic (exact) mass is 244 g/mol. The lowest BCUT2D eigenvalue weighted by Crippen LogP contribution is -2.28. The number of aromatic nitrogens is 1. The number of nitrogens with one attached hydrogen (secondary N) is 1. The van der Waals surface area contributed by atoms with Gasteiger partial charge < -0.3 is 15.0 Å². The first-order valence-corrected chi connectivity index (χ1v) is 6.30. The second-order valence-electron chi connectivity index (χ2n) is 4.66. The van der Waals surface area contributed by atoms with Crippen molar-refractivity contribution in [3.05, 3.63) is 35.0 Å². The van der Waals surface area contributed by atoms with Crippen LogP contribution in [0.4, 0.5) is 0 Å². The Labute approximate surface area is 105 Å². The minimum Gasteiger partial charge on any atom is -0.478 e. The minimum absolute atomic E-state index is 0.465. The molecule has 1 aliphatic heterocycles. The molecule has 1 aliphatic rings. The zero-order valence-electron chi connectivity index (χ0n) is 10.4. The summed E-state index contributed by atoms with van der Waals surface area (Å²) in [6.07, 6.45) is 0.924. The van der Waals surface area contributed by atoms with Crippen molar-refractivity contribution in [2.45, 2.75) is 26.4 Å². The topological polar surface area (TPSA) is 54.3 Å². The van der Waals surface area contributed by atoms with Gasteiger partial charge in [0.25, 0.3) is 0 Å². The highest BCUT2D eigenvalue weighted by Crippen LogP contribution is 2.29. The number of fused-ring (bicyclic) bond motifs is 3. The number of aromatic carboxylic acids is 1. The van der Waals surface area contributed by atoms with E-state index < -0.39 is 5.97 Å². The maximum absolute atomic E-state index is 11.5. The first-order valence-electron chi connectivity index (χ1n) is 6.30. The summed E-state index contributed by atoms with van der Waals surface area (Å²) in [5.74, 6) is -0.828. The maximum atomic E-state index is 11.5. The van der Waals surface area contributed by atoms with E-state index in [-0.39, 0.29) is 0 Å². The molecule has 3 rings (SSSR count). The molecule has 2 heterocycles. The third-order valence-corrected chi connectivity index (χ3v) is 3.66. The molecular formula is C14H16N2O2. The van der Waals surface area contributed by atoms with Crippen LogP contribution in [-0.4, -0.2) is 22.2 Å². The summed E-state index contributed by atoms with van der Waals surface area (Å²) < 4.78 is 2.13. The SMILES string of the molecule is CCc1ccc2c(c1)c(C(=O)O)c1n2CCNC1. The Bertz CT molecular complexity index is 628. The molecule has 0 saturated carbocycles. The zero-order chi connectivity index (χ0) is 12.7. The normalized spacial score (nSPS) is 14.7. The average molecular weight is 244 g/mol. The number of carboxylic acid groups (broad SMARTS) is 1. The van der Waals surface area contributed by atoms with E-state index >= 15 is 0 Å². The number of nitrogens with zero attached hydrogens (tertiary/aromatic N) is 1. The van der Waals surface area contributed by atoms with E-state index in [4.69, 9.17) is 0 Å². The number of benzene rings is 1. The third kappa shape index (κ3) is 1.53. The first kappa shape index (κ1) is 11.3. The van der Waals surface area contributed by atoms with E-state index in [0.717, 1.165) is 36.1 Å². The van der Waals surface area contributed by atoms with Gasteiger partial charge in [0.05, 0.1) is 5.56 Å². The number of hydrogen-bond acceptors (Lipinski definition) is 2. The lowest BCUT2D eigenvalue weighted by Gasteiger charge is -2.17. The van der Waals surface area contributed by atoms with Crippen LogP contribution in [0.2, 0.25) is 0 Å². The number of rotatable bonds is 2. The molecule has 2 aromatic rings. The highest BCUT2D eigenvalue weighted by Gasteiger charge is 2.23. The zero-order valence-corrected chi connectivity index (χ0v) is 10.4. The molecule has 0 bridgehead atoms. The summed E-state index contributed by atoms with van der Waals surface area (Å²) >= 11 is 0. The molecule has 0 aliphatic carbocycles. The van der Waals surface area contributed by atoms with Gasteiger partial charge in [-0.1, -0.05) is 13.0 Å². The molecule has 0 saturated heterocycles. The molecule has 1 aromatic heterocycles. The Morgan fingerprint density at radius 1 is 1.50 bits per heavy atom. The molecule has 0 amide bonds. The third-order valence-electron chi connectivity index (χ3n) is 3.66. The molecule has 0 atom stereocenters. The van der Waals surface area contributed by atoms with Crippen molar-refractivity contribution >= 4 is 16.9 Å². The van der Waals surface area contributed by atoms with E-state index in [1.54, 1.807) is 0 Å². The first-order chi connectivity index (χ1) is 8.72. The van der Waals surface area contributed by atoms with Gasteiger partial charge in [-0.3, -0.25) is 0 Å². The van der Waals surface area contributed by atoms with Gasteiger partial charge in [0.2, 0.25) is 0 Å². The lowest BCUT2D eigenvalue weighted by molar-refractivity contribution is 0.0697. The van der Waals surface area contributed by atoms with Crippen LogP contribution < -0.4 is 5.32 Å². The molecule has 0 spiro atoms. The summed E-state index contributed by atoms with van der Waals surface area (Å²) in [6, 6.07) is 6.16. The Morgan fingerprint density at radius 3 is 3.06 bits per heavy atom. The van der Waals surface area contributed by atoms with Crippen LogP contribution in [0.15, 0.2) is 18.2 Å². The number of hydrogen-bond donors (Lipinski definition) is 2. The van der Waals surface area contributed by atoms with Crippen molar-refractivity contribution in [2.24, 2.45) is 0 Å². The molecule has 0 fully saturated rings. The van der Waals surface area contributed by atoms with Crippen molar-refractivity contribution in [1.29, 1.82) is 0 Å². The van der Waals surface area contributed by atoms with Crippen LogP contribution in [0, 0.1) is 0 Å². The van der Waals surface area contributed by atoms with E-state index in [1.807, 2.05) is 6.07 Å². The second-order valence-corrected chi connectivity index (χ2v) is 4.66. The van der Waals surface area contributed by atoms with Gasteiger partial charge in [-0.2, -0.15) is 0 Å². The van der Waals surface area contributed by atoms with Crippen LogP contribution in [0.1, 0.15) is 28.5 Å². The van der Waals surface area contributed by atoms with E-state index in [2.05, 4.69) is 28.9 Å². The minimum atomic E-state index is -0.828. The van der Waals surface area contributed by atoms with Crippen molar-refractivity contribution in [3.8, 4) is 0 Å². The predicted octanol–water partition coefficient (Wildman–Crippen LogP) is 2.01. The summed E-state index contributed by atoms with van der Waals surface area (Å²) in [5, 5.41) is 13.6. The average Bonchev–Trinajstić information content (AvgIpc) is 2.72. The van der Waals surface area contributed by atoms with E-state index in [0.29, 0.717) is 12.1 Å². The molecule has 4 nitrogen and oxygen atoms in total. The number of carboxylic acids is 1. The molecule has 1 aromatic carbocycles. The van der Waals surface area contributed by atoms with Gasteiger partial charge in [-0.25, -0.2) is 4.79 Å². The van der Waals surface area contributed by atoms with Gasteiger partial charge in [0.1, 0.15) is 0 Å². The van der Waals surface area contributed by atoms with Crippen LogP contribution in [0.25, 0.3) is 10.9 Å². The predicted molar refractivity (Wildman–Crippen MR) is 70.0 cm³/mol. The van der Waals surface area contributed by atoms with E-state index in [9.17, 15) is 9.90 Å². The quantitative estimate of drug-likeness (QED) is 0.849. The van der Waals surface area contributed by atoms with E-state index in [1.165, 1.54) is 5.56 Å². The van der Waals surface area contributed by atoms with Crippen molar-refractivity contribution < 1.29 is 9.90 Å². The Morgan fingerprint density at radius 2 is 2.33 bits per heavy atom. The Balaban J connectivity index is 2.36. The van der Waals surface area contributed by atoms with Gasteiger partial charge in [-0.05, 0) is 24.1 Å². The van der Waals surface area contributed by atoms with Crippen molar-refractivity contribution in [3.63, 3.8) is 0 Å². The molecule has 4 heteroatoms. The Hall–Kier alpha value is -1.81. The molecule has 0 radical (unpaired) electrons. The van der Waals surface area contributed by atoms with Crippen LogP contribution in [0.3, 0.4) is 0 Å². The molecule has 0 unspecified atom stereocenters. The molecule has 18 heavy (non-hydrogen) atoms. The van der Waals surface area contributed by atoms with Crippen molar-refractivity contribution in [1.82, 2.24) is 9.88 Å². The van der Waals surface area contributed by atoms with Crippen LogP contribution >= 0.6 is 0 Å². The summed E-state index contributed by atoms with van der Waals surface area (Å²) in [4.78, 5) is 11.5.